The quantitative estimate of drug-likeness (QED) is 0.523. The molecule has 3 nitrogen and oxygen atoms in total. The summed E-state index contributed by atoms with van der Waals surface area (Å²) in [6.07, 6.45) is 13.4. The summed E-state index contributed by atoms with van der Waals surface area (Å²) in [4.78, 5) is 7.28. The minimum Gasteiger partial charge on any atom is -0.492 e. The number of allylic oxidation sites excluding steroid dienone is 3. The predicted molar refractivity (Wildman–Crippen MR) is 125 cm³/mol. The van der Waals surface area contributed by atoms with Gasteiger partial charge in [-0.2, -0.15) is 0 Å². The van der Waals surface area contributed by atoms with Gasteiger partial charge in [0.25, 0.3) is 0 Å². The first-order valence-corrected chi connectivity index (χ1v) is 11.4. The maximum absolute atomic E-state index is 6.17. The highest BCUT2D eigenvalue weighted by atomic mass is 35.5. The first kappa shape index (κ1) is 21.1. The van der Waals surface area contributed by atoms with Crippen LogP contribution >= 0.6 is 11.6 Å². The van der Waals surface area contributed by atoms with E-state index in [1.54, 1.807) is 0 Å². The Labute approximate surface area is 185 Å². The van der Waals surface area contributed by atoms with Crippen molar-refractivity contribution in [1.29, 1.82) is 0 Å². The van der Waals surface area contributed by atoms with Gasteiger partial charge in [0.2, 0.25) is 0 Å². The first-order chi connectivity index (χ1) is 14.5. The van der Waals surface area contributed by atoms with Crippen LogP contribution in [-0.4, -0.2) is 35.1 Å². The lowest BCUT2D eigenvalue weighted by atomic mass is 9.95. The maximum Gasteiger partial charge on any atom is 0.115 e. The van der Waals surface area contributed by atoms with E-state index >= 15 is 0 Å². The summed E-state index contributed by atoms with van der Waals surface area (Å²) >= 11 is 5.98. The summed E-state index contributed by atoms with van der Waals surface area (Å²) in [5.74, 6) is 1.28. The average molecular weight is 423 g/mol. The molecule has 1 unspecified atom stereocenters. The van der Waals surface area contributed by atoms with Crippen LogP contribution < -0.4 is 0 Å². The van der Waals surface area contributed by atoms with Gasteiger partial charge in [-0.15, -0.1) is 0 Å². The van der Waals surface area contributed by atoms with Crippen LogP contribution in [0.1, 0.15) is 51.1 Å². The molecule has 1 aliphatic heterocycles. The van der Waals surface area contributed by atoms with Gasteiger partial charge in [0.1, 0.15) is 12.4 Å². The Hall–Kier alpha value is -2.10. The monoisotopic (exact) mass is 422 g/mol. The number of hydrogen-bond donors (Lipinski definition) is 0. The second kappa shape index (κ2) is 9.36. The molecule has 1 saturated heterocycles. The van der Waals surface area contributed by atoms with E-state index in [1.165, 1.54) is 32.4 Å². The van der Waals surface area contributed by atoms with E-state index < -0.39 is 0 Å². The van der Waals surface area contributed by atoms with Gasteiger partial charge in [-0.3, -0.25) is 9.88 Å². The molecule has 0 spiro atoms. The summed E-state index contributed by atoms with van der Waals surface area (Å²) in [5.41, 5.74) is 3.40. The first-order valence-electron chi connectivity index (χ1n) is 11.0. The highest BCUT2D eigenvalue weighted by Crippen LogP contribution is 2.29. The molecule has 1 aliphatic carbocycles. The lowest BCUT2D eigenvalue weighted by molar-refractivity contribution is 0.0295. The molecule has 1 aromatic carbocycles. The van der Waals surface area contributed by atoms with Crippen LogP contribution in [0.3, 0.4) is 0 Å². The summed E-state index contributed by atoms with van der Waals surface area (Å²) in [7, 11) is 0. The Morgan fingerprint density at radius 1 is 1.03 bits per heavy atom. The van der Waals surface area contributed by atoms with Gasteiger partial charge in [-0.05, 0) is 82.1 Å². The van der Waals surface area contributed by atoms with Gasteiger partial charge in [0.05, 0.1) is 0 Å². The van der Waals surface area contributed by atoms with Crippen LogP contribution in [-0.2, 0) is 4.74 Å². The third-order valence-electron chi connectivity index (χ3n) is 6.21. The molecule has 0 radical (unpaired) electrons. The van der Waals surface area contributed by atoms with Crippen LogP contribution in [0.2, 0.25) is 5.02 Å². The van der Waals surface area contributed by atoms with Gasteiger partial charge >= 0.3 is 0 Å². The molecule has 30 heavy (non-hydrogen) atoms. The highest BCUT2D eigenvalue weighted by Gasteiger charge is 2.29. The lowest BCUT2D eigenvalue weighted by Crippen LogP contribution is -2.49. The molecular formula is C26H31ClN2O. The molecule has 1 fully saturated rings. The smallest absolute Gasteiger partial charge is 0.115 e. The molecule has 0 N–H and O–H groups in total. The topological polar surface area (TPSA) is 25.4 Å². The summed E-state index contributed by atoms with van der Waals surface area (Å²) in [5, 5.41) is 0.750. The van der Waals surface area contributed by atoms with Crippen molar-refractivity contribution in [2.45, 2.75) is 51.0 Å². The van der Waals surface area contributed by atoms with Crippen LogP contribution in [0.15, 0.2) is 66.6 Å². The van der Waals surface area contributed by atoms with Gasteiger partial charge in [0.15, 0.2) is 0 Å². The third-order valence-corrected chi connectivity index (χ3v) is 6.47. The number of halogens is 1. The van der Waals surface area contributed by atoms with Crippen molar-refractivity contribution in [2.75, 3.05) is 19.7 Å². The Morgan fingerprint density at radius 3 is 2.40 bits per heavy atom. The minimum absolute atomic E-state index is 0.0744. The van der Waals surface area contributed by atoms with E-state index in [1.807, 2.05) is 30.5 Å². The van der Waals surface area contributed by atoms with E-state index in [4.69, 9.17) is 21.3 Å². The van der Waals surface area contributed by atoms with Gasteiger partial charge in [-0.1, -0.05) is 42.3 Å². The van der Waals surface area contributed by atoms with Gasteiger partial charge in [0, 0.05) is 33.9 Å². The average Bonchev–Trinajstić information content (AvgIpc) is 2.79. The standard InChI is InChI=1S/C26H31ClN2O/c1-26(2,29-16-4-3-5-17-29)19-30-24-13-8-21(9-14-24)25-15-10-22(18-28-25)20-6-11-23(27)12-7-20/h6-8,10-15,18,21H,3-5,9,16-17,19H2,1-2H3. The van der Waals surface area contributed by atoms with E-state index in [0.29, 0.717) is 5.92 Å². The second-order valence-electron chi connectivity index (χ2n) is 8.94. The molecule has 2 aliphatic rings. The zero-order valence-corrected chi connectivity index (χ0v) is 18.7. The molecule has 1 aromatic heterocycles. The predicted octanol–water partition coefficient (Wildman–Crippen LogP) is 6.61. The fourth-order valence-corrected chi connectivity index (χ4v) is 4.34. The van der Waals surface area contributed by atoms with Crippen LogP contribution in [0.4, 0.5) is 0 Å². The third kappa shape index (κ3) is 5.14. The number of pyridine rings is 1. The van der Waals surface area contributed by atoms with E-state index in [9.17, 15) is 0 Å². The Kier molecular flexibility index (Phi) is 6.60. The number of likely N-dealkylation sites (tertiary alicyclic amines) is 1. The van der Waals surface area contributed by atoms with Crippen molar-refractivity contribution >= 4 is 11.6 Å². The van der Waals surface area contributed by atoms with Crippen molar-refractivity contribution in [1.82, 2.24) is 9.88 Å². The zero-order valence-electron chi connectivity index (χ0n) is 18.0. The number of hydrogen-bond acceptors (Lipinski definition) is 3. The lowest BCUT2D eigenvalue weighted by Gasteiger charge is -2.40. The highest BCUT2D eigenvalue weighted by molar-refractivity contribution is 6.30. The molecular weight excluding hydrogens is 392 g/mol. The fraction of sp³-hybridized carbons (Fsp3) is 0.423. The van der Waals surface area contributed by atoms with Crippen molar-refractivity contribution in [2.24, 2.45) is 0 Å². The SMILES string of the molecule is CC(C)(COC1=CCC(c2ccc(-c3ccc(Cl)cc3)cn2)C=C1)N1CCCCC1. The number of aromatic nitrogens is 1. The molecule has 4 heteroatoms. The second-order valence-corrected chi connectivity index (χ2v) is 9.37. The van der Waals surface area contributed by atoms with Crippen LogP contribution in [0.25, 0.3) is 11.1 Å². The maximum atomic E-state index is 6.17. The van der Waals surface area contributed by atoms with E-state index in [0.717, 1.165) is 40.6 Å². The summed E-state index contributed by atoms with van der Waals surface area (Å²) in [6.45, 7) is 7.68. The zero-order chi connectivity index (χ0) is 21.0. The number of benzene rings is 1. The molecule has 0 bridgehead atoms. The minimum atomic E-state index is 0.0744. The fourth-order valence-electron chi connectivity index (χ4n) is 4.22. The number of piperidine rings is 1. The molecule has 4 rings (SSSR count). The Morgan fingerprint density at radius 2 is 1.77 bits per heavy atom. The Bertz CT molecular complexity index is 894. The van der Waals surface area contributed by atoms with Gasteiger partial charge in [-0.25, -0.2) is 0 Å². The number of rotatable bonds is 6. The van der Waals surface area contributed by atoms with Crippen molar-refractivity contribution in [3.8, 4) is 11.1 Å². The van der Waals surface area contributed by atoms with Crippen molar-refractivity contribution in [3.05, 3.63) is 77.3 Å². The largest absolute Gasteiger partial charge is 0.492 e. The molecule has 0 saturated carbocycles. The van der Waals surface area contributed by atoms with Crippen LogP contribution in [0.5, 0.6) is 0 Å². The molecule has 158 valence electrons. The van der Waals surface area contributed by atoms with Crippen molar-refractivity contribution in [3.63, 3.8) is 0 Å². The Balaban J connectivity index is 1.32. The van der Waals surface area contributed by atoms with Crippen molar-refractivity contribution < 1.29 is 4.74 Å². The van der Waals surface area contributed by atoms with E-state index in [-0.39, 0.29) is 5.54 Å². The normalized spacial score (nSPS) is 20.1. The van der Waals surface area contributed by atoms with Crippen LogP contribution in [0, 0.1) is 0 Å². The van der Waals surface area contributed by atoms with E-state index in [2.05, 4.69) is 49.1 Å². The molecule has 0 amide bonds. The number of ether oxygens (including phenoxy) is 1. The number of nitrogens with zero attached hydrogens (tertiary/aromatic N) is 2. The van der Waals surface area contributed by atoms with Gasteiger partial charge < -0.3 is 4.74 Å². The summed E-state index contributed by atoms with van der Waals surface area (Å²) < 4.78 is 6.17. The molecule has 2 heterocycles. The summed E-state index contributed by atoms with van der Waals surface area (Å²) in [6, 6.07) is 12.1. The molecule has 1 atom stereocenters. The molecule has 2 aromatic rings.